The van der Waals surface area contributed by atoms with Crippen LogP contribution < -0.4 is 11.1 Å². The van der Waals surface area contributed by atoms with Crippen LogP contribution >= 0.6 is 0 Å². The van der Waals surface area contributed by atoms with E-state index in [0.29, 0.717) is 0 Å². The number of rotatable bonds is 4. The fourth-order valence-corrected chi connectivity index (χ4v) is 2.06. The first-order valence-electron chi connectivity index (χ1n) is 6.58. The van der Waals surface area contributed by atoms with Gasteiger partial charge in [0.25, 0.3) is 5.91 Å². The molecule has 4 N–H and O–H groups in total. The van der Waals surface area contributed by atoms with Crippen molar-refractivity contribution in [2.75, 3.05) is 5.73 Å². The van der Waals surface area contributed by atoms with Crippen molar-refractivity contribution in [3.63, 3.8) is 0 Å². The predicted octanol–water partition coefficient (Wildman–Crippen LogP) is 2.60. The summed E-state index contributed by atoms with van der Waals surface area (Å²) < 4.78 is 12.9. The van der Waals surface area contributed by atoms with E-state index in [0.717, 1.165) is 5.56 Å². The predicted molar refractivity (Wildman–Crippen MR) is 80.1 cm³/mol. The molecule has 0 spiro atoms. The highest BCUT2D eigenvalue weighted by atomic mass is 19.1. The minimum atomic E-state index is -1.20. The van der Waals surface area contributed by atoms with Crippen molar-refractivity contribution >= 4 is 17.6 Å². The van der Waals surface area contributed by atoms with Gasteiger partial charge in [0.1, 0.15) is 5.82 Å². The van der Waals surface area contributed by atoms with Gasteiger partial charge >= 0.3 is 5.97 Å². The molecule has 0 aromatic heterocycles. The lowest BCUT2D eigenvalue weighted by Gasteiger charge is -2.15. The van der Waals surface area contributed by atoms with E-state index < -0.39 is 11.9 Å². The average molecular weight is 302 g/mol. The monoisotopic (exact) mass is 302 g/mol. The van der Waals surface area contributed by atoms with Crippen molar-refractivity contribution in [1.29, 1.82) is 0 Å². The van der Waals surface area contributed by atoms with Gasteiger partial charge in [-0.2, -0.15) is 0 Å². The first-order chi connectivity index (χ1) is 10.4. The van der Waals surface area contributed by atoms with Crippen LogP contribution in [0.15, 0.2) is 42.5 Å². The zero-order chi connectivity index (χ0) is 16.3. The van der Waals surface area contributed by atoms with Crippen LogP contribution in [0.25, 0.3) is 0 Å². The lowest BCUT2D eigenvalue weighted by atomic mass is 10.0. The minimum Gasteiger partial charge on any atom is -0.478 e. The number of nitrogen functional groups attached to an aromatic ring is 1. The summed E-state index contributed by atoms with van der Waals surface area (Å²) in [6, 6.07) is 9.61. The van der Waals surface area contributed by atoms with Crippen LogP contribution in [0.1, 0.15) is 39.2 Å². The number of carboxylic acid groups (broad SMARTS) is 1. The second-order valence-electron chi connectivity index (χ2n) is 4.82. The van der Waals surface area contributed by atoms with Gasteiger partial charge in [0.2, 0.25) is 0 Å². The highest BCUT2D eigenvalue weighted by Gasteiger charge is 2.18. The molecule has 2 rings (SSSR count). The normalized spacial score (nSPS) is 11.7. The highest BCUT2D eigenvalue weighted by molar-refractivity contribution is 6.05. The molecule has 0 bridgehead atoms. The maximum Gasteiger partial charge on any atom is 0.337 e. The molecule has 0 saturated heterocycles. The van der Waals surface area contributed by atoms with Crippen LogP contribution in [0.5, 0.6) is 0 Å². The molecular formula is C16H15FN2O3. The van der Waals surface area contributed by atoms with Gasteiger partial charge in [-0.15, -0.1) is 0 Å². The number of hydrogen-bond donors (Lipinski definition) is 3. The Morgan fingerprint density at radius 1 is 1.14 bits per heavy atom. The van der Waals surface area contributed by atoms with Gasteiger partial charge in [-0.1, -0.05) is 18.2 Å². The van der Waals surface area contributed by atoms with Gasteiger partial charge in [0, 0.05) is 0 Å². The molecule has 0 aliphatic carbocycles. The van der Waals surface area contributed by atoms with Crippen LogP contribution in [0.3, 0.4) is 0 Å². The molecule has 114 valence electrons. The molecule has 0 radical (unpaired) electrons. The van der Waals surface area contributed by atoms with Crippen molar-refractivity contribution in [2.45, 2.75) is 13.0 Å². The Morgan fingerprint density at radius 2 is 1.73 bits per heavy atom. The van der Waals surface area contributed by atoms with E-state index in [1.165, 1.54) is 30.3 Å². The van der Waals surface area contributed by atoms with Gasteiger partial charge in [-0.3, -0.25) is 4.79 Å². The molecule has 0 fully saturated rings. The molecule has 0 aliphatic rings. The minimum absolute atomic E-state index is 0.0844. The zero-order valence-corrected chi connectivity index (χ0v) is 11.8. The standard InChI is InChI=1S/C16H15FN2O3/c1-9(10-5-7-11(17)8-6-10)19-15(20)12-3-2-4-13(14(12)18)16(21)22/h2-9H,18H2,1H3,(H,19,20)(H,21,22)/t9-/m1/s1. The van der Waals surface area contributed by atoms with Crippen LogP contribution in [0, 0.1) is 5.82 Å². The summed E-state index contributed by atoms with van der Waals surface area (Å²) in [4.78, 5) is 23.3. The third-order valence-corrected chi connectivity index (χ3v) is 3.30. The van der Waals surface area contributed by atoms with Gasteiger partial charge in [0.05, 0.1) is 22.9 Å². The summed E-state index contributed by atoms with van der Waals surface area (Å²) in [6.07, 6.45) is 0. The maximum absolute atomic E-state index is 12.9. The number of carbonyl (C=O) groups excluding carboxylic acids is 1. The van der Waals surface area contributed by atoms with Crippen LogP contribution in [-0.2, 0) is 0 Å². The molecule has 22 heavy (non-hydrogen) atoms. The lowest BCUT2D eigenvalue weighted by molar-refractivity contribution is 0.0698. The van der Waals surface area contributed by atoms with E-state index in [9.17, 15) is 14.0 Å². The molecule has 1 amide bonds. The van der Waals surface area contributed by atoms with E-state index in [-0.39, 0.29) is 28.7 Å². The van der Waals surface area contributed by atoms with Crippen LogP contribution in [-0.4, -0.2) is 17.0 Å². The second-order valence-corrected chi connectivity index (χ2v) is 4.82. The topological polar surface area (TPSA) is 92.4 Å². The molecular weight excluding hydrogens is 287 g/mol. The smallest absolute Gasteiger partial charge is 0.337 e. The van der Waals surface area contributed by atoms with E-state index >= 15 is 0 Å². The lowest BCUT2D eigenvalue weighted by Crippen LogP contribution is -2.27. The Hall–Kier alpha value is -2.89. The summed E-state index contributed by atoms with van der Waals surface area (Å²) >= 11 is 0. The van der Waals surface area contributed by atoms with Crippen molar-refractivity contribution in [1.82, 2.24) is 5.32 Å². The van der Waals surface area contributed by atoms with Crippen molar-refractivity contribution < 1.29 is 19.1 Å². The van der Waals surface area contributed by atoms with Gasteiger partial charge in [-0.05, 0) is 36.8 Å². The zero-order valence-electron chi connectivity index (χ0n) is 11.8. The summed E-state index contributed by atoms with van der Waals surface area (Å²) in [5.41, 5.74) is 6.34. The average Bonchev–Trinajstić information content (AvgIpc) is 2.47. The van der Waals surface area contributed by atoms with Crippen LogP contribution in [0.4, 0.5) is 10.1 Å². The van der Waals surface area contributed by atoms with E-state index in [1.807, 2.05) is 0 Å². The number of aromatic carboxylic acids is 1. The third-order valence-electron chi connectivity index (χ3n) is 3.30. The first-order valence-corrected chi connectivity index (χ1v) is 6.58. The number of para-hydroxylation sites is 1. The number of carboxylic acids is 1. The van der Waals surface area contributed by atoms with Gasteiger partial charge in [0.15, 0.2) is 0 Å². The molecule has 2 aromatic rings. The SMILES string of the molecule is C[C@@H](NC(=O)c1cccc(C(=O)O)c1N)c1ccc(F)cc1. The van der Waals surface area contributed by atoms with Gasteiger partial charge in [-0.25, -0.2) is 9.18 Å². The Bertz CT molecular complexity index is 714. The number of carbonyl (C=O) groups is 2. The highest BCUT2D eigenvalue weighted by Crippen LogP contribution is 2.19. The van der Waals surface area contributed by atoms with Gasteiger partial charge < -0.3 is 16.2 Å². The number of halogens is 1. The van der Waals surface area contributed by atoms with Crippen molar-refractivity contribution in [2.24, 2.45) is 0 Å². The largest absolute Gasteiger partial charge is 0.478 e. The van der Waals surface area contributed by atoms with Crippen molar-refractivity contribution in [3.8, 4) is 0 Å². The quantitative estimate of drug-likeness (QED) is 0.757. The fraction of sp³-hybridized carbons (Fsp3) is 0.125. The first kappa shape index (κ1) is 15.5. The Kier molecular flexibility index (Phi) is 4.41. The third kappa shape index (κ3) is 3.22. The summed E-state index contributed by atoms with van der Waals surface area (Å²) in [7, 11) is 0. The second kappa shape index (κ2) is 6.26. The van der Waals surface area contributed by atoms with E-state index in [2.05, 4.69) is 5.32 Å². The Morgan fingerprint density at radius 3 is 2.32 bits per heavy atom. The van der Waals surface area contributed by atoms with E-state index in [4.69, 9.17) is 10.8 Å². The number of nitrogens with one attached hydrogen (secondary N) is 1. The summed E-state index contributed by atoms with van der Waals surface area (Å²) in [5.74, 6) is -2.04. The molecule has 0 heterocycles. The number of hydrogen-bond acceptors (Lipinski definition) is 3. The molecule has 0 unspecified atom stereocenters. The molecule has 6 heteroatoms. The van der Waals surface area contributed by atoms with E-state index in [1.54, 1.807) is 19.1 Å². The summed E-state index contributed by atoms with van der Waals surface area (Å²) in [5, 5.41) is 11.7. The molecule has 0 aliphatic heterocycles. The Labute approximate surface area is 126 Å². The molecule has 5 nitrogen and oxygen atoms in total. The van der Waals surface area contributed by atoms with Crippen LogP contribution in [0.2, 0.25) is 0 Å². The number of nitrogens with two attached hydrogens (primary N) is 1. The molecule has 2 aromatic carbocycles. The number of benzene rings is 2. The number of amides is 1. The van der Waals surface area contributed by atoms with Crippen molar-refractivity contribution in [3.05, 3.63) is 65.0 Å². The fourth-order valence-electron chi connectivity index (χ4n) is 2.06. The summed E-state index contributed by atoms with van der Waals surface area (Å²) in [6.45, 7) is 1.74. The Balaban J connectivity index is 2.20. The molecule has 0 saturated carbocycles. The number of anilines is 1. The maximum atomic E-state index is 12.9. The molecule has 1 atom stereocenters.